The minimum absolute atomic E-state index is 0.100. The largest absolute Gasteiger partial charge is 0.352 e. The zero-order valence-electron chi connectivity index (χ0n) is 17.2. The van der Waals surface area contributed by atoms with Gasteiger partial charge in [-0.2, -0.15) is 0 Å². The molecule has 0 radical (unpaired) electrons. The van der Waals surface area contributed by atoms with Gasteiger partial charge in [0.2, 0.25) is 0 Å². The Bertz CT molecular complexity index is 1200. The van der Waals surface area contributed by atoms with Gasteiger partial charge >= 0.3 is 0 Å². The number of rotatable bonds is 7. The normalized spacial score (nSPS) is 11.1. The van der Waals surface area contributed by atoms with Gasteiger partial charge in [0.15, 0.2) is 5.65 Å². The first-order valence-electron chi connectivity index (χ1n) is 10.4. The fourth-order valence-corrected chi connectivity index (χ4v) is 4.00. The highest BCUT2D eigenvalue weighted by molar-refractivity contribution is 9.10. The van der Waals surface area contributed by atoms with E-state index < -0.39 is 0 Å². The SMILES string of the molecule is CCCCCNC(=O)c1cccn2c(-c3ccc(Cl)cc3)c(-c3ccc(Br)cc3)nc12. The van der Waals surface area contributed by atoms with Crippen molar-refractivity contribution < 1.29 is 4.79 Å². The van der Waals surface area contributed by atoms with E-state index in [0.29, 0.717) is 22.8 Å². The van der Waals surface area contributed by atoms with Crippen LogP contribution in [0.15, 0.2) is 71.3 Å². The topological polar surface area (TPSA) is 46.4 Å². The Labute approximate surface area is 195 Å². The minimum atomic E-state index is -0.100. The second-order valence-electron chi connectivity index (χ2n) is 7.40. The Morgan fingerprint density at radius 1 is 1.03 bits per heavy atom. The van der Waals surface area contributed by atoms with Gasteiger partial charge in [-0.3, -0.25) is 9.20 Å². The molecule has 0 aliphatic carbocycles. The second-order valence-corrected chi connectivity index (χ2v) is 8.75. The van der Waals surface area contributed by atoms with Gasteiger partial charge in [0, 0.05) is 33.4 Å². The molecule has 4 aromatic rings. The van der Waals surface area contributed by atoms with Crippen LogP contribution in [0.2, 0.25) is 5.02 Å². The average Bonchev–Trinajstić information content (AvgIpc) is 3.17. The van der Waals surface area contributed by atoms with Crippen LogP contribution in [0.4, 0.5) is 0 Å². The maximum Gasteiger partial charge on any atom is 0.255 e. The third-order valence-electron chi connectivity index (χ3n) is 5.20. The molecule has 0 bridgehead atoms. The molecule has 6 heteroatoms. The molecule has 0 saturated carbocycles. The van der Waals surface area contributed by atoms with E-state index in [-0.39, 0.29) is 5.91 Å². The van der Waals surface area contributed by atoms with Gasteiger partial charge < -0.3 is 5.32 Å². The third-order valence-corrected chi connectivity index (χ3v) is 5.98. The molecule has 158 valence electrons. The van der Waals surface area contributed by atoms with Gasteiger partial charge in [-0.15, -0.1) is 0 Å². The van der Waals surface area contributed by atoms with E-state index in [1.165, 1.54) is 0 Å². The van der Waals surface area contributed by atoms with E-state index in [2.05, 4.69) is 28.2 Å². The molecule has 0 aliphatic heterocycles. The fourth-order valence-electron chi connectivity index (χ4n) is 3.61. The van der Waals surface area contributed by atoms with Crippen molar-refractivity contribution >= 4 is 39.1 Å². The smallest absolute Gasteiger partial charge is 0.255 e. The summed E-state index contributed by atoms with van der Waals surface area (Å²) in [5.74, 6) is -0.100. The van der Waals surface area contributed by atoms with E-state index in [9.17, 15) is 4.79 Å². The van der Waals surface area contributed by atoms with Crippen molar-refractivity contribution in [2.75, 3.05) is 6.54 Å². The summed E-state index contributed by atoms with van der Waals surface area (Å²) < 4.78 is 2.99. The van der Waals surface area contributed by atoms with Crippen molar-refractivity contribution in [3.63, 3.8) is 0 Å². The highest BCUT2D eigenvalue weighted by Crippen LogP contribution is 2.34. The van der Waals surface area contributed by atoms with Gasteiger partial charge in [0.1, 0.15) is 0 Å². The highest BCUT2D eigenvalue weighted by Gasteiger charge is 2.20. The van der Waals surface area contributed by atoms with Crippen LogP contribution in [0.1, 0.15) is 36.5 Å². The zero-order valence-corrected chi connectivity index (χ0v) is 19.6. The molecule has 4 rings (SSSR count). The molecule has 2 aromatic heterocycles. The molecule has 0 fully saturated rings. The molecule has 1 N–H and O–H groups in total. The van der Waals surface area contributed by atoms with Crippen molar-refractivity contribution in [1.82, 2.24) is 14.7 Å². The molecule has 4 nitrogen and oxygen atoms in total. The summed E-state index contributed by atoms with van der Waals surface area (Å²) in [5, 5.41) is 3.71. The highest BCUT2D eigenvalue weighted by atomic mass is 79.9. The lowest BCUT2D eigenvalue weighted by Gasteiger charge is -2.08. The van der Waals surface area contributed by atoms with Gasteiger partial charge in [0.05, 0.1) is 17.0 Å². The lowest BCUT2D eigenvalue weighted by Crippen LogP contribution is -2.25. The number of imidazole rings is 1. The predicted octanol–water partition coefficient (Wildman–Crippen LogP) is 7.00. The van der Waals surface area contributed by atoms with Crippen molar-refractivity contribution in [1.29, 1.82) is 0 Å². The molecule has 0 saturated heterocycles. The molecule has 2 aromatic carbocycles. The van der Waals surface area contributed by atoms with E-state index in [1.54, 1.807) is 0 Å². The number of pyridine rings is 1. The summed E-state index contributed by atoms with van der Waals surface area (Å²) in [7, 11) is 0. The second kappa shape index (κ2) is 9.67. The van der Waals surface area contributed by atoms with Gasteiger partial charge in [0.25, 0.3) is 5.91 Å². The number of benzene rings is 2. The Morgan fingerprint density at radius 2 is 1.74 bits per heavy atom. The number of hydrogen-bond donors (Lipinski definition) is 1. The summed E-state index contributed by atoms with van der Waals surface area (Å²) in [6, 6.07) is 19.4. The van der Waals surface area contributed by atoms with E-state index in [1.807, 2.05) is 71.3 Å². The molecule has 2 heterocycles. The Morgan fingerprint density at radius 3 is 2.45 bits per heavy atom. The number of fused-ring (bicyclic) bond motifs is 1. The fraction of sp³-hybridized carbons (Fsp3) is 0.200. The number of halogens is 2. The molecule has 0 atom stereocenters. The lowest BCUT2D eigenvalue weighted by molar-refractivity contribution is 0.0954. The van der Waals surface area contributed by atoms with Crippen LogP contribution in [0.3, 0.4) is 0 Å². The first kappa shape index (κ1) is 21.6. The van der Waals surface area contributed by atoms with Crippen molar-refractivity contribution in [3.8, 4) is 22.5 Å². The van der Waals surface area contributed by atoms with E-state index in [0.717, 1.165) is 46.2 Å². The predicted molar refractivity (Wildman–Crippen MR) is 131 cm³/mol. The summed E-state index contributed by atoms with van der Waals surface area (Å²) in [6.07, 6.45) is 5.14. The lowest BCUT2D eigenvalue weighted by atomic mass is 10.0. The average molecular weight is 497 g/mol. The molecule has 1 amide bonds. The number of carbonyl (C=O) groups is 1. The first-order valence-corrected chi connectivity index (χ1v) is 11.6. The zero-order chi connectivity index (χ0) is 21.8. The van der Waals surface area contributed by atoms with Crippen LogP contribution in [0, 0.1) is 0 Å². The summed E-state index contributed by atoms with van der Waals surface area (Å²) >= 11 is 9.62. The molecule has 31 heavy (non-hydrogen) atoms. The van der Waals surface area contributed by atoms with Gasteiger partial charge in [-0.25, -0.2) is 4.98 Å². The van der Waals surface area contributed by atoms with Crippen molar-refractivity contribution in [3.05, 3.63) is 81.9 Å². The Hall–Kier alpha value is -2.63. The number of hydrogen-bond acceptors (Lipinski definition) is 2. The molecule has 0 aliphatic rings. The van der Waals surface area contributed by atoms with Crippen LogP contribution in [-0.4, -0.2) is 21.8 Å². The maximum atomic E-state index is 12.9. The van der Waals surface area contributed by atoms with E-state index >= 15 is 0 Å². The van der Waals surface area contributed by atoms with Crippen LogP contribution < -0.4 is 5.32 Å². The number of carbonyl (C=O) groups excluding carboxylic acids is 1. The first-order chi connectivity index (χ1) is 15.1. The number of amides is 1. The van der Waals surface area contributed by atoms with Crippen molar-refractivity contribution in [2.45, 2.75) is 26.2 Å². The van der Waals surface area contributed by atoms with Crippen LogP contribution in [-0.2, 0) is 0 Å². The summed E-state index contributed by atoms with van der Waals surface area (Å²) in [4.78, 5) is 17.8. The summed E-state index contributed by atoms with van der Waals surface area (Å²) in [5.41, 5.74) is 4.91. The van der Waals surface area contributed by atoms with E-state index in [4.69, 9.17) is 16.6 Å². The molecule has 0 unspecified atom stereocenters. The number of nitrogens with one attached hydrogen (secondary N) is 1. The van der Waals surface area contributed by atoms with Gasteiger partial charge in [-0.05, 0) is 42.8 Å². The number of unbranched alkanes of at least 4 members (excludes halogenated alkanes) is 2. The number of nitrogens with zero attached hydrogens (tertiary/aromatic N) is 2. The Balaban J connectivity index is 1.85. The molecular weight excluding hydrogens is 474 g/mol. The Kier molecular flexibility index (Phi) is 6.73. The van der Waals surface area contributed by atoms with Crippen molar-refractivity contribution in [2.24, 2.45) is 0 Å². The van der Waals surface area contributed by atoms with Crippen LogP contribution in [0.25, 0.3) is 28.2 Å². The van der Waals surface area contributed by atoms with Crippen LogP contribution in [0.5, 0.6) is 0 Å². The quantitative estimate of drug-likeness (QED) is 0.280. The summed E-state index contributed by atoms with van der Waals surface area (Å²) in [6.45, 7) is 2.81. The minimum Gasteiger partial charge on any atom is -0.352 e. The maximum absolute atomic E-state index is 12.9. The monoisotopic (exact) mass is 495 g/mol. The standard InChI is InChI=1S/C25H23BrClN3O/c1-2-3-4-15-28-25(31)21-6-5-16-30-23(18-9-13-20(27)14-10-18)22(29-24(21)30)17-7-11-19(26)12-8-17/h5-14,16H,2-4,15H2,1H3,(H,28,31). The number of aromatic nitrogens is 2. The third kappa shape index (κ3) is 4.68. The van der Waals surface area contributed by atoms with Gasteiger partial charge in [-0.1, -0.05) is 71.6 Å². The van der Waals surface area contributed by atoms with Crippen LogP contribution >= 0.6 is 27.5 Å². The molecule has 0 spiro atoms. The molecular formula is C25H23BrClN3O.